The number of carbonyl (C=O) groups excluding carboxylic acids is 1. The molecular weight excluding hydrogens is 388 g/mol. The fourth-order valence-corrected chi connectivity index (χ4v) is 3.98. The van der Waals surface area contributed by atoms with E-state index in [0.29, 0.717) is 11.3 Å². The SMILES string of the molecule is CN1CCN(c2ccc(NC(=O)C(c3ccccc3)N(C)S(C)(=O)=O)cc2)CC1. The second-order valence-corrected chi connectivity index (χ2v) is 9.46. The smallest absolute Gasteiger partial charge is 0.247 e. The molecule has 0 bridgehead atoms. The number of hydrogen-bond donors (Lipinski definition) is 1. The van der Waals surface area contributed by atoms with Crippen LogP contribution in [-0.4, -0.2) is 70.1 Å². The summed E-state index contributed by atoms with van der Waals surface area (Å²) in [4.78, 5) is 17.6. The van der Waals surface area contributed by atoms with E-state index in [9.17, 15) is 13.2 Å². The van der Waals surface area contributed by atoms with Crippen molar-refractivity contribution in [1.82, 2.24) is 9.21 Å². The first-order valence-electron chi connectivity index (χ1n) is 9.58. The number of likely N-dealkylation sites (N-methyl/N-ethyl adjacent to an activating group) is 2. The number of sulfonamides is 1. The molecule has 1 aliphatic rings. The van der Waals surface area contributed by atoms with Crippen molar-refractivity contribution in [2.75, 3.05) is 56.7 Å². The number of amides is 1. The van der Waals surface area contributed by atoms with Crippen LogP contribution in [-0.2, 0) is 14.8 Å². The van der Waals surface area contributed by atoms with Gasteiger partial charge in [0, 0.05) is 44.6 Å². The van der Waals surface area contributed by atoms with Crippen LogP contribution in [0.4, 0.5) is 11.4 Å². The molecule has 7 nitrogen and oxygen atoms in total. The Bertz CT molecular complexity index is 924. The topological polar surface area (TPSA) is 73.0 Å². The average Bonchev–Trinajstić information content (AvgIpc) is 2.69. The Kier molecular flexibility index (Phi) is 6.56. The molecule has 2 aromatic carbocycles. The first-order valence-corrected chi connectivity index (χ1v) is 11.4. The highest BCUT2D eigenvalue weighted by molar-refractivity contribution is 7.88. The van der Waals surface area contributed by atoms with Crippen molar-refractivity contribution in [2.45, 2.75) is 6.04 Å². The second-order valence-electron chi connectivity index (χ2n) is 7.42. The summed E-state index contributed by atoms with van der Waals surface area (Å²) in [6.45, 7) is 3.99. The Hall–Kier alpha value is -2.42. The van der Waals surface area contributed by atoms with Gasteiger partial charge in [0.05, 0.1) is 6.26 Å². The van der Waals surface area contributed by atoms with Gasteiger partial charge in [-0.3, -0.25) is 4.79 Å². The molecule has 0 saturated carbocycles. The fraction of sp³-hybridized carbons (Fsp3) is 0.381. The van der Waals surface area contributed by atoms with E-state index in [0.717, 1.165) is 42.4 Å². The zero-order chi connectivity index (χ0) is 21.0. The molecule has 0 aromatic heterocycles. The van der Waals surface area contributed by atoms with Gasteiger partial charge in [0.15, 0.2) is 0 Å². The highest BCUT2D eigenvalue weighted by Gasteiger charge is 2.30. The van der Waals surface area contributed by atoms with Crippen LogP contribution in [0.3, 0.4) is 0 Å². The van der Waals surface area contributed by atoms with Gasteiger partial charge in [0.2, 0.25) is 15.9 Å². The van der Waals surface area contributed by atoms with Crippen molar-refractivity contribution >= 4 is 27.3 Å². The monoisotopic (exact) mass is 416 g/mol. The number of benzene rings is 2. The third kappa shape index (κ3) is 5.35. The highest BCUT2D eigenvalue weighted by atomic mass is 32.2. The number of rotatable bonds is 6. The van der Waals surface area contributed by atoms with Gasteiger partial charge < -0.3 is 15.1 Å². The van der Waals surface area contributed by atoms with E-state index in [1.165, 1.54) is 7.05 Å². The van der Waals surface area contributed by atoms with Gasteiger partial charge in [0.25, 0.3) is 0 Å². The van der Waals surface area contributed by atoms with Crippen LogP contribution in [0.1, 0.15) is 11.6 Å². The molecule has 0 radical (unpaired) electrons. The van der Waals surface area contributed by atoms with Crippen molar-refractivity contribution in [3.8, 4) is 0 Å². The van der Waals surface area contributed by atoms with Crippen LogP contribution < -0.4 is 10.2 Å². The molecule has 1 atom stereocenters. The third-order valence-corrected chi connectivity index (χ3v) is 6.51. The first-order chi connectivity index (χ1) is 13.8. The Balaban J connectivity index is 1.75. The maximum absolute atomic E-state index is 13.0. The largest absolute Gasteiger partial charge is 0.369 e. The van der Waals surface area contributed by atoms with Gasteiger partial charge in [-0.05, 0) is 36.9 Å². The van der Waals surface area contributed by atoms with E-state index in [-0.39, 0.29) is 0 Å². The van der Waals surface area contributed by atoms with Crippen molar-refractivity contribution < 1.29 is 13.2 Å². The normalized spacial score (nSPS) is 16.6. The molecule has 1 fully saturated rings. The molecule has 156 valence electrons. The second kappa shape index (κ2) is 8.94. The highest BCUT2D eigenvalue weighted by Crippen LogP contribution is 2.25. The zero-order valence-corrected chi connectivity index (χ0v) is 17.9. The molecule has 1 unspecified atom stereocenters. The molecule has 1 aliphatic heterocycles. The molecular formula is C21H28N4O3S. The van der Waals surface area contributed by atoms with Crippen LogP contribution in [0.15, 0.2) is 54.6 Å². The van der Waals surface area contributed by atoms with Gasteiger partial charge in [0.1, 0.15) is 6.04 Å². The van der Waals surface area contributed by atoms with Gasteiger partial charge in [-0.15, -0.1) is 0 Å². The van der Waals surface area contributed by atoms with Crippen molar-refractivity contribution in [1.29, 1.82) is 0 Å². The lowest BCUT2D eigenvalue weighted by molar-refractivity contribution is -0.119. The molecule has 0 spiro atoms. The van der Waals surface area contributed by atoms with Crippen LogP contribution in [0, 0.1) is 0 Å². The first kappa shape index (κ1) is 21.3. The number of nitrogens with zero attached hydrogens (tertiary/aromatic N) is 3. The number of piperazine rings is 1. The summed E-state index contributed by atoms with van der Waals surface area (Å²) in [6, 6.07) is 15.6. The molecule has 29 heavy (non-hydrogen) atoms. The van der Waals surface area contributed by atoms with Crippen molar-refractivity contribution in [3.05, 3.63) is 60.2 Å². The number of carbonyl (C=O) groups is 1. The van der Waals surface area contributed by atoms with Crippen LogP contribution in [0.2, 0.25) is 0 Å². The van der Waals surface area contributed by atoms with E-state index >= 15 is 0 Å². The van der Waals surface area contributed by atoms with E-state index < -0.39 is 22.0 Å². The van der Waals surface area contributed by atoms with Gasteiger partial charge in [-0.1, -0.05) is 30.3 Å². The Morgan fingerprint density at radius 1 is 1.00 bits per heavy atom. The summed E-state index contributed by atoms with van der Waals surface area (Å²) in [6.07, 6.45) is 1.10. The number of hydrogen-bond acceptors (Lipinski definition) is 5. The van der Waals surface area contributed by atoms with Crippen LogP contribution >= 0.6 is 0 Å². The summed E-state index contributed by atoms with van der Waals surface area (Å²) in [5.74, 6) is -0.392. The maximum atomic E-state index is 13.0. The third-order valence-electron chi connectivity index (χ3n) is 5.25. The molecule has 8 heteroatoms. The standard InChI is InChI=1S/C21H28N4O3S/c1-23-13-15-25(16-14-23)19-11-9-18(10-12-19)22-21(26)20(24(2)29(3,27)28)17-7-5-4-6-8-17/h4-12,20H,13-16H2,1-3H3,(H,22,26). The summed E-state index contributed by atoms with van der Waals surface area (Å²) in [5, 5.41) is 2.86. The summed E-state index contributed by atoms with van der Waals surface area (Å²) >= 11 is 0. The molecule has 1 N–H and O–H groups in total. The minimum Gasteiger partial charge on any atom is -0.369 e. The van der Waals surface area contributed by atoms with E-state index in [1.807, 2.05) is 30.3 Å². The van der Waals surface area contributed by atoms with E-state index in [2.05, 4.69) is 22.2 Å². The molecule has 1 saturated heterocycles. The lowest BCUT2D eigenvalue weighted by atomic mass is 10.1. The number of nitrogens with one attached hydrogen (secondary N) is 1. The molecule has 1 amide bonds. The Morgan fingerprint density at radius 3 is 2.14 bits per heavy atom. The Morgan fingerprint density at radius 2 is 1.59 bits per heavy atom. The quantitative estimate of drug-likeness (QED) is 0.780. The van der Waals surface area contributed by atoms with Crippen LogP contribution in [0.25, 0.3) is 0 Å². The lowest BCUT2D eigenvalue weighted by Crippen LogP contribution is -2.44. The minimum absolute atomic E-state index is 0.392. The molecule has 2 aromatic rings. The summed E-state index contributed by atoms with van der Waals surface area (Å²) in [5.41, 5.74) is 2.37. The Labute approximate surface area is 173 Å². The van der Waals surface area contributed by atoms with E-state index in [4.69, 9.17) is 0 Å². The lowest BCUT2D eigenvalue weighted by Gasteiger charge is -2.34. The summed E-state index contributed by atoms with van der Waals surface area (Å²) < 4.78 is 25.3. The average molecular weight is 417 g/mol. The van der Waals surface area contributed by atoms with Gasteiger partial charge in [-0.2, -0.15) is 4.31 Å². The fourth-order valence-electron chi connectivity index (χ4n) is 3.38. The van der Waals surface area contributed by atoms with Crippen molar-refractivity contribution in [3.63, 3.8) is 0 Å². The molecule has 0 aliphatic carbocycles. The van der Waals surface area contributed by atoms with E-state index in [1.54, 1.807) is 24.3 Å². The number of anilines is 2. The van der Waals surface area contributed by atoms with Gasteiger partial charge in [-0.25, -0.2) is 8.42 Å². The maximum Gasteiger partial charge on any atom is 0.247 e. The molecule has 3 rings (SSSR count). The predicted octanol–water partition coefficient (Wildman–Crippen LogP) is 2.01. The van der Waals surface area contributed by atoms with Crippen molar-refractivity contribution in [2.24, 2.45) is 0 Å². The predicted molar refractivity (Wildman–Crippen MR) is 117 cm³/mol. The van der Waals surface area contributed by atoms with Gasteiger partial charge >= 0.3 is 0 Å². The molecule has 1 heterocycles. The van der Waals surface area contributed by atoms with Crippen LogP contribution in [0.5, 0.6) is 0 Å². The zero-order valence-electron chi connectivity index (χ0n) is 17.1. The minimum atomic E-state index is -3.55. The summed E-state index contributed by atoms with van der Waals surface area (Å²) in [7, 11) is -0.0140.